The van der Waals surface area contributed by atoms with Crippen LogP contribution in [0.25, 0.3) is 0 Å². The average molecular weight is 273 g/mol. The van der Waals surface area contributed by atoms with E-state index in [1.165, 1.54) is 36.8 Å². The van der Waals surface area contributed by atoms with Gasteiger partial charge in [0.2, 0.25) is 0 Å². The van der Waals surface area contributed by atoms with Crippen LogP contribution in [0.15, 0.2) is 18.2 Å². The second-order valence-electron chi connectivity index (χ2n) is 7.16. The number of ether oxygens (including phenoxy) is 1. The van der Waals surface area contributed by atoms with Crippen LogP contribution in [0.3, 0.4) is 0 Å². The fourth-order valence-corrected chi connectivity index (χ4v) is 3.71. The summed E-state index contributed by atoms with van der Waals surface area (Å²) in [6.45, 7) is 7.61. The van der Waals surface area contributed by atoms with E-state index in [-0.39, 0.29) is 5.60 Å². The van der Waals surface area contributed by atoms with Crippen molar-refractivity contribution in [2.75, 3.05) is 0 Å². The summed E-state index contributed by atoms with van der Waals surface area (Å²) in [5, 5.41) is 3.72. The molecule has 0 spiro atoms. The van der Waals surface area contributed by atoms with E-state index in [2.05, 4.69) is 44.3 Å². The summed E-state index contributed by atoms with van der Waals surface area (Å²) in [4.78, 5) is 0. The van der Waals surface area contributed by atoms with Gasteiger partial charge in [-0.05, 0) is 45.1 Å². The van der Waals surface area contributed by atoms with E-state index in [9.17, 15) is 0 Å². The summed E-state index contributed by atoms with van der Waals surface area (Å²) in [5.41, 5.74) is 2.64. The Morgan fingerprint density at radius 1 is 1.30 bits per heavy atom. The number of hydrogen-bond donors (Lipinski definition) is 1. The van der Waals surface area contributed by atoms with Crippen LogP contribution in [0.5, 0.6) is 5.75 Å². The number of hydrogen-bond acceptors (Lipinski definition) is 2. The Hall–Kier alpha value is -1.02. The van der Waals surface area contributed by atoms with Crippen molar-refractivity contribution in [1.82, 2.24) is 5.32 Å². The molecule has 0 aromatic heterocycles. The van der Waals surface area contributed by atoms with Crippen LogP contribution in [-0.4, -0.2) is 11.6 Å². The Balaban J connectivity index is 1.65. The predicted molar refractivity (Wildman–Crippen MR) is 83.1 cm³/mol. The fraction of sp³-hybridized carbons (Fsp3) is 0.667. The van der Waals surface area contributed by atoms with Crippen LogP contribution >= 0.6 is 0 Å². The normalized spacial score (nSPS) is 22.6. The van der Waals surface area contributed by atoms with E-state index in [4.69, 9.17) is 4.74 Å². The van der Waals surface area contributed by atoms with Gasteiger partial charge in [0, 0.05) is 24.6 Å². The maximum atomic E-state index is 6.14. The number of para-hydroxylation sites is 1. The monoisotopic (exact) mass is 273 g/mol. The molecule has 0 radical (unpaired) electrons. The molecule has 1 fully saturated rings. The lowest BCUT2D eigenvalue weighted by Gasteiger charge is -2.22. The van der Waals surface area contributed by atoms with Crippen LogP contribution in [-0.2, 0) is 13.0 Å². The molecule has 1 aliphatic heterocycles. The third-order valence-corrected chi connectivity index (χ3v) is 4.89. The Morgan fingerprint density at radius 3 is 2.80 bits per heavy atom. The first-order chi connectivity index (χ1) is 9.55. The Labute approximate surface area is 122 Å². The lowest BCUT2D eigenvalue weighted by molar-refractivity contribution is 0.137. The molecule has 1 N–H and O–H groups in total. The predicted octanol–water partition coefficient (Wildman–Crippen LogP) is 4.07. The van der Waals surface area contributed by atoms with Crippen molar-refractivity contribution in [1.29, 1.82) is 0 Å². The first-order valence-corrected chi connectivity index (χ1v) is 8.08. The Bertz CT molecular complexity index is 474. The molecule has 110 valence electrons. The molecular formula is C18H27NO. The summed E-state index contributed by atoms with van der Waals surface area (Å²) < 4.78 is 6.14. The topological polar surface area (TPSA) is 21.3 Å². The maximum absolute atomic E-state index is 6.14. The number of nitrogens with one attached hydrogen (secondary N) is 1. The largest absolute Gasteiger partial charge is 0.487 e. The summed E-state index contributed by atoms with van der Waals surface area (Å²) in [6.07, 6.45) is 6.63. The van der Waals surface area contributed by atoms with Crippen molar-refractivity contribution in [2.45, 2.75) is 71.1 Å². The van der Waals surface area contributed by atoms with E-state index in [0.29, 0.717) is 6.04 Å². The van der Waals surface area contributed by atoms with E-state index in [1.807, 2.05) is 0 Å². The van der Waals surface area contributed by atoms with Crippen molar-refractivity contribution in [3.8, 4) is 5.75 Å². The lowest BCUT2D eigenvalue weighted by atomic mass is 9.98. The van der Waals surface area contributed by atoms with E-state index >= 15 is 0 Å². The molecule has 2 aliphatic rings. The zero-order valence-electron chi connectivity index (χ0n) is 13.0. The standard InChI is InChI=1S/C18H27NO/c1-13(14-7-4-5-8-14)19-12-16-10-6-9-15-11-18(2,3)20-17(15)16/h6,9-10,13-14,19H,4-5,7-8,11-12H2,1-3H3/t13-/m1/s1. The van der Waals surface area contributed by atoms with E-state index < -0.39 is 0 Å². The van der Waals surface area contributed by atoms with Crippen molar-refractivity contribution in [3.05, 3.63) is 29.3 Å². The summed E-state index contributed by atoms with van der Waals surface area (Å²) in [5.74, 6) is 1.99. The van der Waals surface area contributed by atoms with Crippen LogP contribution in [0.2, 0.25) is 0 Å². The first-order valence-electron chi connectivity index (χ1n) is 8.08. The fourth-order valence-electron chi connectivity index (χ4n) is 3.71. The molecule has 3 rings (SSSR count). The van der Waals surface area contributed by atoms with Crippen molar-refractivity contribution in [2.24, 2.45) is 5.92 Å². The second kappa shape index (κ2) is 5.40. The quantitative estimate of drug-likeness (QED) is 0.893. The third kappa shape index (κ3) is 2.85. The van der Waals surface area contributed by atoms with Gasteiger partial charge < -0.3 is 10.1 Å². The molecule has 1 aromatic carbocycles. The summed E-state index contributed by atoms with van der Waals surface area (Å²) >= 11 is 0. The molecule has 2 nitrogen and oxygen atoms in total. The second-order valence-corrected chi connectivity index (χ2v) is 7.16. The van der Waals surface area contributed by atoms with Gasteiger partial charge in [0.1, 0.15) is 11.4 Å². The van der Waals surface area contributed by atoms with Crippen molar-refractivity contribution in [3.63, 3.8) is 0 Å². The Morgan fingerprint density at radius 2 is 2.05 bits per heavy atom. The summed E-state index contributed by atoms with van der Waals surface area (Å²) in [6, 6.07) is 7.19. The highest BCUT2D eigenvalue weighted by Crippen LogP contribution is 2.37. The minimum atomic E-state index is -0.0461. The minimum Gasteiger partial charge on any atom is -0.487 e. The van der Waals surface area contributed by atoms with Crippen LogP contribution in [0.4, 0.5) is 0 Å². The van der Waals surface area contributed by atoms with Gasteiger partial charge in [-0.15, -0.1) is 0 Å². The zero-order chi connectivity index (χ0) is 14.2. The van der Waals surface area contributed by atoms with Crippen LogP contribution in [0, 0.1) is 5.92 Å². The molecule has 1 saturated carbocycles. The van der Waals surface area contributed by atoms with Crippen LogP contribution in [0.1, 0.15) is 57.6 Å². The minimum absolute atomic E-state index is 0.0461. The van der Waals surface area contributed by atoms with E-state index in [0.717, 1.165) is 24.6 Å². The highest BCUT2D eigenvalue weighted by Gasteiger charge is 2.31. The summed E-state index contributed by atoms with van der Waals surface area (Å²) in [7, 11) is 0. The highest BCUT2D eigenvalue weighted by atomic mass is 16.5. The van der Waals surface area contributed by atoms with Crippen LogP contribution < -0.4 is 10.1 Å². The molecule has 2 heteroatoms. The zero-order valence-corrected chi connectivity index (χ0v) is 13.0. The molecule has 1 heterocycles. The van der Waals surface area contributed by atoms with Gasteiger partial charge in [-0.2, -0.15) is 0 Å². The third-order valence-electron chi connectivity index (χ3n) is 4.89. The van der Waals surface area contributed by atoms with Gasteiger partial charge in [-0.3, -0.25) is 0 Å². The van der Waals surface area contributed by atoms with Crippen molar-refractivity contribution >= 4 is 0 Å². The molecule has 0 bridgehead atoms. The van der Waals surface area contributed by atoms with Gasteiger partial charge in [0.15, 0.2) is 0 Å². The van der Waals surface area contributed by atoms with Gasteiger partial charge in [0.25, 0.3) is 0 Å². The van der Waals surface area contributed by atoms with Gasteiger partial charge >= 0.3 is 0 Å². The van der Waals surface area contributed by atoms with E-state index in [1.54, 1.807) is 0 Å². The first kappa shape index (κ1) is 13.9. The number of benzene rings is 1. The van der Waals surface area contributed by atoms with Crippen molar-refractivity contribution < 1.29 is 4.74 Å². The molecular weight excluding hydrogens is 246 g/mol. The van der Waals surface area contributed by atoms with Gasteiger partial charge in [0.05, 0.1) is 0 Å². The molecule has 1 aromatic rings. The molecule has 1 aliphatic carbocycles. The highest BCUT2D eigenvalue weighted by molar-refractivity contribution is 5.45. The number of fused-ring (bicyclic) bond motifs is 1. The average Bonchev–Trinajstić information content (AvgIpc) is 3.01. The SMILES string of the molecule is C[C@@H](NCc1cccc2c1OC(C)(C)C2)C1CCCC1. The molecule has 20 heavy (non-hydrogen) atoms. The smallest absolute Gasteiger partial charge is 0.127 e. The lowest BCUT2D eigenvalue weighted by Crippen LogP contribution is -2.32. The molecule has 0 amide bonds. The molecule has 0 saturated heterocycles. The molecule has 1 atom stereocenters. The maximum Gasteiger partial charge on any atom is 0.127 e. The van der Waals surface area contributed by atoms with Gasteiger partial charge in [-0.1, -0.05) is 31.0 Å². The number of rotatable bonds is 4. The Kier molecular flexibility index (Phi) is 3.76. The van der Waals surface area contributed by atoms with Gasteiger partial charge in [-0.25, -0.2) is 0 Å². The molecule has 0 unspecified atom stereocenters.